The number of anilines is 1. The molecule has 0 N–H and O–H groups in total. The molecule has 27 heavy (non-hydrogen) atoms. The van der Waals surface area contributed by atoms with Crippen LogP contribution in [-0.2, 0) is 16.6 Å². The Balaban J connectivity index is 1.83. The molecular formula is C22H19NO2S2. The van der Waals surface area contributed by atoms with E-state index in [4.69, 9.17) is 0 Å². The Bertz CT molecular complexity index is 1130. The maximum atomic E-state index is 13.5. The number of fused-ring (bicyclic) bond motifs is 1. The third-order valence-corrected chi connectivity index (χ3v) is 7.46. The quantitative estimate of drug-likeness (QED) is 0.442. The van der Waals surface area contributed by atoms with Crippen LogP contribution in [0, 0.1) is 6.92 Å². The summed E-state index contributed by atoms with van der Waals surface area (Å²) in [6.45, 7) is 2.24. The van der Waals surface area contributed by atoms with Gasteiger partial charge in [0.1, 0.15) is 5.00 Å². The van der Waals surface area contributed by atoms with Gasteiger partial charge in [-0.15, -0.1) is 11.3 Å². The maximum Gasteiger partial charge on any atom is 0.265 e. The van der Waals surface area contributed by atoms with Gasteiger partial charge in [-0.1, -0.05) is 66.2 Å². The van der Waals surface area contributed by atoms with Gasteiger partial charge in [0.05, 0.1) is 11.4 Å². The molecule has 4 rings (SSSR count). The molecule has 0 fully saturated rings. The summed E-state index contributed by atoms with van der Waals surface area (Å²) in [4.78, 5) is 0.307. The molecule has 1 heterocycles. The Kier molecular flexibility index (Phi) is 4.72. The summed E-state index contributed by atoms with van der Waals surface area (Å²) in [5, 5.41) is 1.77. The van der Waals surface area contributed by atoms with Crippen LogP contribution in [0.3, 0.4) is 0 Å². The highest BCUT2D eigenvalue weighted by Gasteiger charge is 2.26. The summed E-state index contributed by atoms with van der Waals surface area (Å²) >= 11 is 1.50. The summed E-state index contributed by atoms with van der Waals surface area (Å²) in [7, 11) is -3.67. The van der Waals surface area contributed by atoms with E-state index in [1.54, 1.807) is 12.1 Å². The highest BCUT2D eigenvalue weighted by Crippen LogP contribution is 2.36. The molecule has 0 unspecified atom stereocenters. The van der Waals surface area contributed by atoms with Gasteiger partial charge in [0.15, 0.2) is 0 Å². The molecule has 136 valence electrons. The van der Waals surface area contributed by atoms with E-state index in [2.05, 4.69) is 0 Å². The fraction of sp³-hybridized carbons (Fsp3) is 0.0909. The Hall–Kier alpha value is -2.63. The van der Waals surface area contributed by atoms with Gasteiger partial charge in [0.25, 0.3) is 10.0 Å². The molecule has 3 aromatic carbocycles. The number of aryl methyl sites for hydroxylation is 1. The van der Waals surface area contributed by atoms with Crippen molar-refractivity contribution in [2.75, 3.05) is 4.31 Å². The molecule has 0 saturated carbocycles. The normalized spacial score (nSPS) is 11.6. The van der Waals surface area contributed by atoms with Crippen LogP contribution < -0.4 is 4.31 Å². The third kappa shape index (κ3) is 3.61. The highest BCUT2D eigenvalue weighted by molar-refractivity contribution is 7.93. The monoisotopic (exact) mass is 393 g/mol. The molecule has 0 bridgehead atoms. The van der Waals surface area contributed by atoms with Crippen molar-refractivity contribution >= 4 is 36.4 Å². The SMILES string of the molecule is Cc1ccc(S(=O)(=O)N(Cc2ccccc2)c2cc3ccccc3s2)cc1. The van der Waals surface area contributed by atoms with Crippen molar-refractivity contribution in [1.29, 1.82) is 0 Å². The summed E-state index contributed by atoms with van der Waals surface area (Å²) < 4.78 is 29.5. The first kappa shape index (κ1) is 17.8. The number of nitrogens with zero attached hydrogens (tertiary/aromatic N) is 1. The molecule has 0 spiro atoms. The van der Waals surface area contributed by atoms with Crippen LogP contribution in [0.25, 0.3) is 10.1 Å². The predicted molar refractivity (Wildman–Crippen MR) is 113 cm³/mol. The average Bonchev–Trinajstić information content (AvgIpc) is 3.11. The summed E-state index contributed by atoms with van der Waals surface area (Å²) in [5.41, 5.74) is 1.98. The number of sulfonamides is 1. The lowest BCUT2D eigenvalue weighted by Crippen LogP contribution is -2.29. The van der Waals surface area contributed by atoms with E-state index in [1.807, 2.05) is 79.7 Å². The van der Waals surface area contributed by atoms with Crippen molar-refractivity contribution in [3.05, 3.63) is 96.1 Å². The van der Waals surface area contributed by atoms with E-state index in [-0.39, 0.29) is 0 Å². The van der Waals surface area contributed by atoms with E-state index in [0.29, 0.717) is 11.4 Å². The van der Waals surface area contributed by atoms with Crippen LogP contribution in [0.1, 0.15) is 11.1 Å². The molecule has 3 nitrogen and oxygen atoms in total. The number of rotatable bonds is 5. The molecule has 0 aliphatic rings. The van der Waals surface area contributed by atoms with Crippen molar-refractivity contribution in [3.63, 3.8) is 0 Å². The largest absolute Gasteiger partial charge is 0.265 e. The zero-order chi connectivity index (χ0) is 18.9. The maximum absolute atomic E-state index is 13.5. The van der Waals surface area contributed by atoms with Gasteiger partial charge >= 0.3 is 0 Å². The van der Waals surface area contributed by atoms with E-state index in [1.165, 1.54) is 15.6 Å². The fourth-order valence-electron chi connectivity index (χ4n) is 2.96. The Morgan fingerprint density at radius 1 is 0.852 bits per heavy atom. The van der Waals surface area contributed by atoms with Crippen molar-refractivity contribution in [2.24, 2.45) is 0 Å². The second-order valence-corrected chi connectivity index (χ2v) is 9.36. The second kappa shape index (κ2) is 7.18. The zero-order valence-corrected chi connectivity index (χ0v) is 16.5. The fourth-order valence-corrected chi connectivity index (χ4v) is 5.68. The molecule has 0 amide bonds. The Morgan fingerprint density at radius 3 is 2.22 bits per heavy atom. The summed E-state index contributed by atoms with van der Waals surface area (Å²) in [6.07, 6.45) is 0. The third-order valence-electron chi connectivity index (χ3n) is 4.44. The minimum Gasteiger partial charge on any atom is -0.253 e. The standard InChI is InChI=1S/C22H19NO2S2/c1-17-11-13-20(14-12-17)27(24,25)23(16-18-7-3-2-4-8-18)22-15-19-9-5-6-10-21(19)26-22/h2-15H,16H2,1H3. The van der Waals surface area contributed by atoms with Gasteiger partial charge in [-0.05, 0) is 42.1 Å². The van der Waals surface area contributed by atoms with Crippen LogP contribution in [0.5, 0.6) is 0 Å². The lowest BCUT2D eigenvalue weighted by atomic mass is 10.2. The molecule has 1 aromatic heterocycles. The molecule has 0 aliphatic carbocycles. The first-order valence-corrected chi connectivity index (χ1v) is 10.9. The Labute approximate surface area is 163 Å². The molecule has 4 aromatic rings. The molecular weight excluding hydrogens is 374 g/mol. The van der Waals surface area contributed by atoms with E-state index < -0.39 is 10.0 Å². The molecule has 0 atom stereocenters. The number of benzene rings is 3. The lowest BCUT2D eigenvalue weighted by molar-refractivity contribution is 0.591. The molecule has 0 saturated heterocycles. The van der Waals surface area contributed by atoms with Gasteiger partial charge in [-0.25, -0.2) is 8.42 Å². The lowest BCUT2D eigenvalue weighted by Gasteiger charge is -2.23. The number of hydrogen-bond donors (Lipinski definition) is 0. The van der Waals surface area contributed by atoms with Gasteiger partial charge < -0.3 is 0 Å². The van der Waals surface area contributed by atoms with E-state index >= 15 is 0 Å². The summed E-state index contributed by atoms with van der Waals surface area (Å²) in [5.74, 6) is 0. The van der Waals surface area contributed by atoms with Crippen molar-refractivity contribution in [3.8, 4) is 0 Å². The van der Waals surface area contributed by atoms with Crippen LogP contribution in [-0.4, -0.2) is 8.42 Å². The average molecular weight is 394 g/mol. The topological polar surface area (TPSA) is 37.4 Å². The minimum absolute atomic E-state index is 0.296. The van der Waals surface area contributed by atoms with Gasteiger partial charge in [-0.3, -0.25) is 4.31 Å². The van der Waals surface area contributed by atoms with Crippen LogP contribution in [0.2, 0.25) is 0 Å². The van der Waals surface area contributed by atoms with E-state index in [9.17, 15) is 8.42 Å². The van der Waals surface area contributed by atoms with Crippen LogP contribution in [0.4, 0.5) is 5.00 Å². The number of thiophene rings is 1. The van der Waals surface area contributed by atoms with Crippen molar-refractivity contribution in [2.45, 2.75) is 18.4 Å². The number of hydrogen-bond acceptors (Lipinski definition) is 3. The first-order valence-electron chi connectivity index (χ1n) is 8.66. The molecule has 0 radical (unpaired) electrons. The molecule has 0 aliphatic heterocycles. The van der Waals surface area contributed by atoms with Gasteiger partial charge in [0.2, 0.25) is 0 Å². The van der Waals surface area contributed by atoms with Crippen LogP contribution in [0.15, 0.2) is 89.8 Å². The molecule has 5 heteroatoms. The minimum atomic E-state index is -3.67. The highest BCUT2D eigenvalue weighted by atomic mass is 32.2. The van der Waals surface area contributed by atoms with Crippen molar-refractivity contribution < 1.29 is 8.42 Å². The Morgan fingerprint density at radius 2 is 1.52 bits per heavy atom. The van der Waals surface area contributed by atoms with Crippen LogP contribution >= 0.6 is 11.3 Å². The summed E-state index contributed by atoms with van der Waals surface area (Å²) in [6, 6.07) is 26.6. The second-order valence-electron chi connectivity index (χ2n) is 6.43. The van der Waals surface area contributed by atoms with Gasteiger partial charge in [-0.2, -0.15) is 0 Å². The predicted octanol–water partition coefficient (Wildman–Crippen LogP) is 5.61. The van der Waals surface area contributed by atoms with Gasteiger partial charge in [0, 0.05) is 4.70 Å². The van der Waals surface area contributed by atoms with E-state index in [0.717, 1.165) is 26.2 Å². The van der Waals surface area contributed by atoms with Crippen molar-refractivity contribution in [1.82, 2.24) is 0 Å². The first-order chi connectivity index (χ1) is 13.0. The smallest absolute Gasteiger partial charge is 0.253 e. The zero-order valence-electron chi connectivity index (χ0n) is 14.9.